The zero-order valence-corrected chi connectivity index (χ0v) is 22.8. The number of hydrogen-bond donors (Lipinski definition) is 2. The number of aliphatic hydroxyl groups excluding tert-OH is 2. The van der Waals surface area contributed by atoms with E-state index < -0.39 is 24.6 Å². The number of aryl methyl sites for hydroxylation is 2. The van der Waals surface area contributed by atoms with Crippen LogP contribution in [0.15, 0.2) is 48.5 Å². The number of aliphatic carboxylic acids is 1. The number of benzene rings is 2. The van der Waals surface area contributed by atoms with Gasteiger partial charge in [0.15, 0.2) is 0 Å². The summed E-state index contributed by atoms with van der Waals surface area (Å²) in [5.41, 5.74) is 5.31. The maximum Gasteiger partial charge on any atom is 1.00 e. The second-order valence-corrected chi connectivity index (χ2v) is 8.95. The molecule has 0 radical (unpaired) electrons. The van der Waals surface area contributed by atoms with Crippen molar-refractivity contribution >= 4 is 12.2 Å². The molecule has 0 amide bonds. The van der Waals surface area contributed by atoms with Gasteiger partial charge in [-0.25, -0.2) is 9.37 Å². The van der Waals surface area contributed by atoms with Crippen LogP contribution in [-0.4, -0.2) is 37.9 Å². The van der Waals surface area contributed by atoms with Crippen molar-refractivity contribution in [3.63, 3.8) is 0 Å². The summed E-state index contributed by atoms with van der Waals surface area (Å²) in [5, 5.41) is 30.9. The number of imidazole rings is 1. The van der Waals surface area contributed by atoms with Gasteiger partial charge in [0.1, 0.15) is 11.6 Å². The third-order valence-corrected chi connectivity index (χ3v) is 5.44. The Morgan fingerprint density at radius 3 is 2.23 bits per heavy atom. The van der Waals surface area contributed by atoms with Gasteiger partial charge >= 0.3 is 29.6 Å². The number of halogens is 1. The number of hydrogen-bond acceptors (Lipinski definition) is 5. The summed E-state index contributed by atoms with van der Waals surface area (Å²) < 4.78 is 15.5. The molecule has 180 valence electrons. The minimum atomic E-state index is -1.37. The first-order chi connectivity index (χ1) is 16.0. The van der Waals surface area contributed by atoms with Crippen molar-refractivity contribution < 1.29 is 54.1 Å². The molecule has 2 aromatic carbocycles. The number of rotatable bonds is 9. The zero-order valence-electron chi connectivity index (χ0n) is 20.8. The van der Waals surface area contributed by atoms with Gasteiger partial charge in [-0.3, -0.25) is 0 Å². The van der Waals surface area contributed by atoms with E-state index in [4.69, 9.17) is 4.98 Å². The van der Waals surface area contributed by atoms with Crippen LogP contribution >= 0.6 is 0 Å². The molecule has 2 N–H and O–H groups in total. The van der Waals surface area contributed by atoms with Crippen LogP contribution in [0, 0.1) is 19.7 Å². The van der Waals surface area contributed by atoms with Crippen molar-refractivity contribution in [3.8, 4) is 22.5 Å². The van der Waals surface area contributed by atoms with Crippen LogP contribution in [0.3, 0.4) is 0 Å². The number of carboxylic acids is 1. The molecule has 0 unspecified atom stereocenters. The SMILES string of the molecule is Cc1cc(C)cc(-c2c(-c3ccc(F)cc3)nc(C(C)C)n2/C=C/[C@@H](O)C[C@@H](O)CC(=O)[O-])c1.[Na+]. The zero-order chi connectivity index (χ0) is 25.0. The largest absolute Gasteiger partial charge is 1.00 e. The summed E-state index contributed by atoms with van der Waals surface area (Å²) in [5.74, 6) is -0.934. The van der Waals surface area contributed by atoms with Crippen LogP contribution in [0.25, 0.3) is 28.7 Å². The maximum absolute atomic E-state index is 13.6. The molecular weight excluding hydrogens is 458 g/mol. The van der Waals surface area contributed by atoms with Crippen LogP contribution in [0.1, 0.15) is 49.6 Å². The summed E-state index contributed by atoms with van der Waals surface area (Å²) in [6.45, 7) is 8.03. The molecule has 0 saturated carbocycles. The van der Waals surface area contributed by atoms with Gasteiger partial charge in [-0.15, -0.1) is 0 Å². The summed E-state index contributed by atoms with van der Waals surface area (Å²) in [4.78, 5) is 15.6. The van der Waals surface area contributed by atoms with Gasteiger partial charge in [-0.2, -0.15) is 0 Å². The van der Waals surface area contributed by atoms with E-state index in [0.29, 0.717) is 5.69 Å². The Bertz CT molecular complexity index is 1170. The maximum atomic E-state index is 13.6. The molecule has 3 rings (SSSR count). The molecule has 3 aromatic rings. The van der Waals surface area contributed by atoms with E-state index in [1.54, 1.807) is 18.3 Å². The average molecular weight is 489 g/mol. The van der Waals surface area contributed by atoms with Crippen molar-refractivity contribution in [2.24, 2.45) is 0 Å². The molecule has 0 aliphatic heterocycles. The van der Waals surface area contributed by atoms with E-state index in [1.165, 1.54) is 18.2 Å². The number of nitrogens with zero attached hydrogens (tertiary/aromatic N) is 2. The van der Waals surface area contributed by atoms with Gasteiger partial charge in [0.05, 0.1) is 23.6 Å². The van der Waals surface area contributed by atoms with E-state index in [1.807, 2.05) is 44.4 Å². The second kappa shape index (κ2) is 12.6. The summed E-state index contributed by atoms with van der Waals surface area (Å²) in [7, 11) is 0. The number of carboxylic acid groups (broad SMARTS) is 1. The number of carbonyl (C=O) groups is 1. The van der Waals surface area contributed by atoms with E-state index in [2.05, 4.69) is 6.07 Å². The van der Waals surface area contributed by atoms with Crippen LogP contribution in [0.4, 0.5) is 4.39 Å². The predicted molar refractivity (Wildman–Crippen MR) is 128 cm³/mol. The van der Waals surface area contributed by atoms with Gasteiger partial charge < -0.3 is 24.7 Å². The first kappa shape index (κ1) is 28.9. The number of carbonyl (C=O) groups excluding carboxylic acids is 1. The Morgan fingerprint density at radius 1 is 1.09 bits per heavy atom. The van der Waals surface area contributed by atoms with Crippen LogP contribution in [-0.2, 0) is 4.79 Å². The normalized spacial score (nSPS) is 13.1. The molecule has 0 fully saturated rings. The molecule has 1 heterocycles. The topological polar surface area (TPSA) is 98.4 Å². The molecule has 0 bridgehead atoms. The predicted octanol–water partition coefficient (Wildman–Crippen LogP) is 0.823. The van der Waals surface area contributed by atoms with Crippen LogP contribution in [0.2, 0.25) is 0 Å². The van der Waals surface area contributed by atoms with Crippen LogP contribution in [0.5, 0.6) is 0 Å². The van der Waals surface area contributed by atoms with E-state index in [9.17, 15) is 24.5 Å². The monoisotopic (exact) mass is 488 g/mol. The van der Waals surface area contributed by atoms with E-state index in [0.717, 1.165) is 33.8 Å². The summed E-state index contributed by atoms with van der Waals surface area (Å²) in [6.07, 6.45) is 0.227. The molecule has 2 atom stereocenters. The van der Waals surface area contributed by atoms with Crippen molar-refractivity contribution in [3.05, 3.63) is 71.3 Å². The Kier molecular flexibility index (Phi) is 10.4. The van der Waals surface area contributed by atoms with Crippen molar-refractivity contribution in [2.45, 2.75) is 58.7 Å². The van der Waals surface area contributed by atoms with Gasteiger partial charge in [-0.05, 0) is 56.3 Å². The molecule has 0 spiro atoms. The van der Waals surface area contributed by atoms with Crippen molar-refractivity contribution in [1.29, 1.82) is 0 Å². The third kappa shape index (κ3) is 7.59. The van der Waals surface area contributed by atoms with E-state index in [-0.39, 0.29) is 47.7 Å². The molecule has 1 aromatic heterocycles. The van der Waals surface area contributed by atoms with Gasteiger partial charge in [0.25, 0.3) is 0 Å². The number of aliphatic hydroxyl groups is 2. The van der Waals surface area contributed by atoms with Gasteiger partial charge in [0, 0.05) is 42.1 Å². The Morgan fingerprint density at radius 2 is 1.69 bits per heavy atom. The first-order valence-corrected chi connectivity index (χ1v) is 11.3. The molecule has 8 heteroatoms. The summed E-state index contributed by atoms with van der Waals surface area (Å²) >= 11 is 0. The molecule has 0 aliphatic carbocycles. The number of aromatic nitrogens is 2. The third-order valence-electron chi connectivity index (χ3n) is 5.44. The van der Waals surface area contributed by atoms with Gasteiger partial charge in [-0.1, -0.05) is 31.0 Å². The average Bonchev–Trinajstić information content (AvgIpc) is 3.11. The Hall–Kier alpha value is -2.29. The summed E-state index contributed by atoms with van der Waals surface area (Å²) in [6, 6.07) is 12.3. The standard InChI is InChI=1S/C27H31FN2O4.Na/c1-16(2)27-29-25(19-5-7-21(28)8-6-19)26(20-12-17(3)11-18(4)13-20)30(27)10-9-22(31)14-23(32)15-24(33)34;/h5-13,16,22-23,31-32H,14-15H2,1-4H3,(H,33,34);/q;+1/p-1/b10-9+;/t22-,23-;/m1./s1. The fourth-order valence-electron chi connectivity index (χ4n) is 4.02. The molecular formula is C27H30FN2NaO4. The fourth-order valence-corrected chi connectivity index (χ4v) is 4.02. The first-order valence-electron chi connectivity index (χ1n) is 11.3. The van der Waals surface area contributed by atoms with Crippen molar-refractivity contribution in [2.75, 3.05) is 0 Å². The molecule has 0 aliphatic rings. The van der Waals surface area contributed by atoms with Crippen LogP contribution < -0.4 is 34.7 Å². The quantitative estimate of drug-likeness (QED) is 0.435. The smallest absolute Gasteiger partial charge is 0.550 e. The second-order valence-electron chi connectivity index (χ2n) is 8.95. The Labute approximate surface area is 227 Å². The molecule has 35 heavy (non-hydrogen) atoms. The minimum Gasteiger partial charge on any atom is -0.550 e. The van der Waals surface area contributed by atoms with Gasteiger partial charge in [0.2, 0.25) is 0 Å². The van der Waals surface area contributed by atoms with E-state index >= 15 is 0 Å². The molecule has 6 nitrogen and oxygen atoms in total. The Balaban J connectivity index is 0.00000432. The minimum absolute atomic E-state index is 0. The molecule has 0 saturated heterocycles. The van der Waals surface area contributed by atoms with Crippen molar-refractivity contribution in [1.82, 2.24) is 9.55 Å². The fraction of sp³-hybridized carbons (Fsp3) is 0.333.